The Morgan fingerprint density at radius 2 is 2.00 bits per heavy atom. The summed E-state index contributed by atoms with van der Waals surface area (Å²) in [5.41, 5.74) is 6.63. The van der Waals surface area contributed by atoms with Crippen LogP contribution in [0, 0.1) is 5.92 Å². The molecule has 112 valence electrons. The molecule has 0 radical (unpaired) electrons. The van der Waals surface area contributed by atoms with E-state index in [1.54, 1.807) is 4.31 Å². The number of benzene rings is 1. The van der Waals surface area contributed by atoms with Crippen molar-refractivity contribution in [2.24, 2.45) is 11.7 Å². The van der Waals surface area contributed by atoms with Crippen LogP contribution in [0.2, 0.25) is 0 Å². The molecule has 20 heavy (non-hydrogen) atoms. The van der Waals surface area contributed by atoms with Crippen molar-refractivity contribution >= 4 is 10.0 Å². The summed E-state index contributed by atoms with van der Waals surface area (Å²) >= 11 is 0. The third-order valence-corrected chi connectivity index (χ3v) is 6.06. The summed E-state index contributed by atoms with van der Waals surface area (Å²) < 4.78 is 26.8. The Kier molecular flexibility index (Phi) is 5.18. The lowest BCUT2D eigenvalue weighted by molar-refractivity contribution is 0.197. The van der Waals surface area contributed by atoms with Gasteiger partial charge in [0.1, 0.15) is 0 Å². The molecule has 0 saturated carbocycles. The van der Waals surface area contributed by atoms with Crippen molar-refractivity contribution < 1.29 is 8.42 Å². The molecular weight excluding hydrogens is 272 g/mol. The van der Waals surface area contributed by atoms with Gasteiger partial charge in [0.25, 0.3) is 0 Å². The van der Waals surface area contributed by atoms with Crippen LogP contribution in [-0.2, 0) is 15.8 Å². The molecule has 0 amide bonds. The molecule has 1 fully saturated rings. The minimum Gasteiger partial charge on any atom is -0.329 e. The molecule has 1 aromatic carbocycles. The van der Waals surface area contributed by atoms with Crippen molar-refractivity contribution in [3.63, 3.8) is 0 Å². The Balaban J connectivity index is 2.12. The highest BCUT2D eigenvalue weighted by Gasteiger charge is 2.34. The van der Waals surface area contributed by atoms with Crippen molar-refractivity contribution in [3.05, 3.63) is 35.9 Å². The third-order valence-electron chi connectivity index (χ3n) is 4.17. The zero-order chi connectivity index (χ0) is 14.6. The normalized spacial score (nSPS) is 24.7. The molecule has 0 bridgehead atoms. The highest BCUT2D eigenvalue weighted by molar-refractivity contribution is 7.88. The monoisotopic (exact) mass is 296 g/mol. The summed E-state index contributed by atoms with van der Waals surface area (Å²) in [4.78, 5) is 0. The third kappa shape index (κ3) is 3.59. The van der Waals surface area contributed by atoms with Crippen molar-refractivity contribution in [1.29, 1.82) is 0 Å². The van der Waals surface area contributed by atoms with E-state index >= 15 is 0 Å². The van der Waals surface area contributed by atoms with E-state index in [0.29, 0.717) is 19.0 Å². The van der Waals surface area contributed by atoms with Gasteiger partial charge < -0.3 is 5.73 Å². The summed E-state index contributed by atoms with van der Waals surface area (Å²) in [6.07, 6.45) is 2.94. The molecule has 0 spiro atoms. The van der Waals surface area contributed by atoms with Crippen LogP contribution < -0.4 is 5.73 Å². The maximum atomic E-state index is 12.6. The average molecular weight is 296 g/mol. The summed E-state index contributed by atoms with van der Waals surface area (Å²) in [6.45, 7) is 3.17. The highest BCUT2D eigenvalue weighted by Crippen LogP contribution is 2.28. The number of nitrogens with two attached hydrogens (primary N) is 1. The molecule has 2 rings (SSSR count). The zero-order valence-corrected chi connectivity index (χ0v) is 12.8. The molecule has 2 N–H and O–H groups in total. The van der Waals surface area contributed by atoms with Gasteiger partial charge in [0, 0.05) is 19.1 Å². The zero-order valence-electron chi connectivity index (χ0n) is 12.0. The molecule has 1 saturated heterocycles. The van der Waals surface area contributed by atoms with Crippen LogP contribution in [0.5, 0.6) is 0 Å². The maximum Gasteiger partial charge on any atom is 0.218 e. The Hall–Kier alpha value is -0.910. The van der Waals surface area contributed by atoms with Gasteiger partial charge in [0.2, 0.25) is 10.0 Å². The van der Waals surface area contributed by atoms with Crippen molar-refractivity contribution in [2.45, 2.75) is 38.0 Å². The molecule has 1 aliphatic heterocycles. The fourth-order valence-electron chi connectivity index (χ4n) is 2.93. The minimum absolute atomic E-state index is 0.0394. The van der Waals surface area contributed by atoms with Gasteiger partial charge in [-0.3, -0.25) is 0 Å². The molecule has 4 nitrogen and oxygen atoms in total. The first-order valence-electron chi connectivity index (χ1n) is 7.30. The van der Waals surface area contributed by atoms with Gasteiger partial charge >= 0.3 is 0 Å². The van der Waals surface area contributed by atoms with E-state index in [-0.39, 0.29) is 11.8 Å². The van der Waals surface area contributed by atoms with E-state index in [4.69, 9.17) is 5.73 Å². The van der Waals surface area contributed by atoms with E-state index in [9.17, 15) is 8.42 Å². The average Bonchev–Trinajstić information content (AvgIpc) is 2.47. The first-order valence-corrected chi connectivity index (χ1v) is 8.91. The largest absolute Gasteiger partial charge is 0.329 e. The lowest BCUT2D eigenvalue weighted by Gasteiger charge is -2.37. The van der Waals surface area contributed by atoms with Gasteiger partial charge in [-0.15, -0.1) is 0 Å². The number of nitrogens with zero attached hydrogens (tertiary/aromatic N) is 1. The standard InChI is InChI=1S/C15H24N2O2S/c1-2-13-8-9-17(15(10-13)11-16)20(18,19)12-14-6-4-3-5-7-14/h3-7,13,15H,2,8-12,16H2,1H3. The minimum atomic E-state index is -3.28. The van der Waals surface area contributed by atoms with Gasteiger partial charge in [-0.25, -0.2) is 8.42 Å². The van der Waals surface area contributed by atoms with Crippen molar-refractivity contribution in [1.82, 2.24) is 4.31 Å². The molecule has 1 aromatic rings. The second-order valence-electron chi connectivity index (χ2n) is 5.54. The Morgan fingerprint density at radius 3 is 2.60 bits per heavy atom. The Labute approximate surface area is 122 Å². The SMILES string of the molecule is CCC1CCN(S(=O)(=O)Cc2ccccc2)C(CN)C1. The van der Waals surface area contributed by atoms with E-state index < -0.39 is 10.0 Å². The molecule has 0 aromatic heterocycles. The molecule has 5 heteroatoms. The number of piperidine rings is 1. The fraction of sp³-hybridized carbons (Fsp3) is 0.600. The van der Waals surface area contributed by atoms with E-state index in [1.165, 1.54) is 0 Å². The van der Waals surface area contributed by atoms with Crippen LogP contribution >= 0.6 is 0 Å². The molecule has 0 aliphatic carbocycles. The van der Waals surface area contributed by atoms with Crippen LogP contribution in [0.15, 0.2) is 30.3 Å². The van der Waals surface area contributed by atoms with Crippen molar-refractivity contribution in [3.8, 4) is 0 Å². The highest BCUT2D eigenvalue weighted by atomic mass is 32.2. The predicted molar refractivity (Wildman–Crippen MR) is 81.6 cm³/mol. The molecule has 2 atom stereocenters. The summed E-state index contributed by atoms with van der Waals surface area (Å²) in [7, 11) is -3.28. The molecule has 1 aliphatic rings. The van der Waals surface area contributed by atoms with Crippen molar-refractivity contribution in [2.75, 3.05) is 13.1 Å². The van der Waals surface area contributed by atoms with E-state index in [2.05, 4.69) is 6.92 Å². The molecule has 2 unspecified atom stereocenters. The number of hydrogen-bond donors (Lipinski definition) is 1. The quantitative estimate of drug-likeness (QED) is 0.903. The fourth-order valence-corrected chi connectivity index (χ4v) is 4.72. The first kappa shape index (κ1) is 15.5. The van der Waals surface area contributed by atoms with E-state index in [0.717, 1.165) is 24.8 Å². The van der Waals surface area contributed by atoms with Crippen LogP contribution in [0.25, 0.3) is 0 Å². The smallest absolute Gasteiger partial charge is 0.218 e. The Morgan fingerprint density at radius 1 is 1.30 bits per heavy atom. The van der Waals surface area contributed by atoms with Gasteiger partial charge in [0.15, 0.2) is 0 Å². The second-order valence-corrected chi connectivity index (χ2v) is 7.46. The summed E-state index contributed by atoms with van der Waals surface area (Å²) in [5, 5.41) is 0. The summed E-state index contributed by atoms with van der Waals surface area (Å²) in [5.74, 6) is 0.674. The van der Waals surface area contributed by atoms with E-state index in [1.807, 2.05) is 30.3 Å². The topological polar surface area (TPSA) is 63.4 Å². The predicted octanol–water partition coefficient (Wildman–Crippen LogP) is 1.97. The summed E-state index contributed by atoms with van der Waals surface area (Å²) in [6, 6.07) is 9.30. The van der Waals surface area contributed by atoms with Crippen LogP contribution in [0.1, 0.15) is 31.7 Å². The maximum absolute atomic E-state index is 12.6. The number of hydrogen-bond acceptors (Lipinski definition) is 3. The number of rotatable bonds is 5. The lowest BCUT2D eigenvalue weighted by Crippen LogP contribution is -2.49. The van der Waals surface area contributed by atoms with Crippen LogP contribution in [-0.4, -0.2) is 31.9 Å². The number of sulfonamides is 1. The molecule has 1 heterocycles. The van der Waals surface area contributed by atoms with Gasteiger partial charge in [-0.1, -0.05) is 43.7 Å². The van der Waals surface area contributed by atoms with Crippen LogP contribution in [0.3, 0.4) is 0 Å². The van der Waals surface area contributed by atoms with Gasteiger partial charge in [-0.2, -0.15) is 4.31 Å². The van der Waals surface area contributed by atoms with Gasteiger partial charge in [0.05, 0.1) is 5.75 Å². The first-order chi connectivity index (χ1) is 9.56. The van der Waals surface area contributed by atoms with Crippen LogP contribution in [0.4, 0.5) is 0 Å². The molecular formula is C15H24N2O2S. The lowest BCUT2D eigenvalue weighted by atomic mass is 9.90. The second kappa shape index (κ2) is 6.70. The van der Waals surface area contributed by atoms with Gasteiger partial charge in [-0.05, 0) is 24.3 Å². The Bertz CT molecular complexity index is 516.